The van der Waals surface area contributed by atoms with Gasteiger partial charge in [-0.2, -0.15) is 0 Å². The molecule has 1 aromatic carbocycles. The Morgan fingerprint density at radius 3 is 2.50 bits per heavy atom. The van der Waals surface area contributed by atoms with Gasteiger partial charge in [-0.05, 0) is 37.0 Å². The van der Waals surface area contributed by atoms with Gasteiger partial charge in [0.25, 0.3) is 0 Å². The zero-order chi connectivity index (χ0) is 13.8. The van der Waals surface area contributed by atoms with Crippen molar-refractivity contribution in [1.29, 1.82) is 0 Å². The average molecular weight is 271 g/mol. The molecular formula is C13H21NO3S. The van der Waals surface area contributed by atoms with Gasteiger partial charge in [-0.25, -0.2) is 13.1 Å². The van der Waals surface area contributed by atoms with Crippen LogP contribution in [0.5, 0.6) is 0 Å². The van der Waals surface area contributed by atoms with Crippen LogP contribution in [0, 0.1) is 0 Å². The molecule has 2 N–H and O–H groups in total. The number of hydrogen-bond donors (Lipinski definition) is 2. The van der Waals surface area contributed by atoms with Crippen molar-refractivity contribution in [1.82, 2.24) is 4.72 Å². The molecular weight excluding hydrogens is 250 g/mol. The zero-order valence-corrected chi connectivity index (χ0v) is 11.9. The van der Waals surface area contributed by atoms with E-state index in [1.54, 1.807) is 18.2 Å². The lowest BCUT2D eigenvalue weighted by Gasteiger charge is -2.15. The van der Waals surface area contributed by atoms with E-state index in [1.165, 1.54) is 0 Å². The van der Waals surface area contributed by atoms with E-state index < -0.39 is 10.0 Å². The van der Waals surface area contributed by atoms with Crippen molar-refractivity contribution in [2.75, 3.05) is 0 Å². The van der Waals surface area contributed by atoms with Crippen molar-refractivity contribution in [3.05, 3.63) is 29.3 Å². The summed E-state index contributed by atoms with van der Waals surface area (Å²) in [7, 11) is -3.51. The number of hydrogen-bond acceptors (Lipinski definition) is 3. The van der Waals surface area contributed by atoms with Gasteiger partial charge in [-0.3, -0.25) is 0 Å². The second kappa shape index (κ2) is 6.31. The fourth-order valence-electron chi connectivity index (χ4n) is 1.65. The van der Waals surface area contributed by atoms with Gasteiger partial charge in [-0.1, -0.05) is 26.0 Å². The van der Waals surface area contributed by atoms with Gasteiger partial charge in [0.1, 0.15) is 0 Å². The Morgan fingerprint density at radius 1 is 1.33 bits per heavy atom. The van der Waals surface area contributed by atoms with E-state index in [4.69, 9.17) is 5.11 Å². The normalized spacial score (nSPS) is 13.6. The quantitative estimate of drug-likeness (QED) is 0.829. The Morgan fingerprint density at radius 2 is 2.00 bits per heavy atom. The van der Waals surface area contributed by atoms with E-state index in [2.05, 4.69) is 4.72 Å². The Bertz CT molecular complexity index is 497. The van der Waals surface area contributed by atoms with Crippen LogP contribution < -0.4 is 4.72 Å². The molecule has 1 rings (SSSR count). The van der Waals surface area contributed by atoms with E-state index in [0.717, 1.165) is 12.0 Å². The fraction of sp³-hybridized carbons (Fsp3) is 0.538. The predicted molar refractivity (Wildman–Crippen MR) is 71.8 cm³/mol. The first-order chi connectivity index (χ1) is 8.44. The first-order valence-corrected chi connectivity index (χ1v) is 7.67. The minimum absolute atomic E-state index is 0.0995. The molecule has 0 heterocycles. The lowest BCUT2D eigenvalue weighted by molar-refractivity contribution is 0.281. The maximum absolute atomic E-state index is 12.3. The summed E-state index contributed by atoms with van der Waals surface area (Å²) in [5.41, 5.74) is 1.37. The molecule has 4 nitrogen and oxygen atoms in total. The maximum atomic E-state index is 12.3. The van der Waals surface area contributed by atoms with Gasteiger partial charge in [0.05, 0.1) is 11.5 Å². The Hall–Kier alpha value is -0.910. The third-order valence-corrected chi connectivity index (χ3v) is 4.63. The van der Waals surface area contributed by atoms with Gasteiger partial charge in [0.2, 0.25) is 10.0 Å². The van der Waals surface area contributed by atoms with E-state index in [1.807, 2.05) is 20.8 Å². The predicted octanol–water partition coefficient (Wildman–Crippen LogP) is 1.82. The molecule has 0 fully saturated rings. The minimum Gasteiger partial charge on any atom is -0.392 e. The van der Waals surface area contributed by atoms with E-state index in [-0.39, 0.29) is 17.5 Å². The van der Waals surface area contributed by atoms with Crippen LogP contribution in [-0.4, -0.2) is 19.6 Å². The summed E-state index contributed by atoms with van der Waals surface area (Å²) in [6.07, 6.45) is 1.38. The smallest absolute Gasteiger partial charge is 0.241 e. The SMILES string of the molecule is CCc1ccc(CO)cc1S(=O)(=O)NC(C)CC. The maximum Gasteiger partial charge on any atom is 0.241 e. The lowest BCUT2D eigenvalue weighted by Crippen LogP contribution is -2.32. The van der Waals surface area contributed by atoms with Crippen molar-refractivity contribution in [2.45, 2.75) is 51.2 Å². The molecule has 0 aromatic heterocycles. The summed E-state index contributed by atoms with van der Waals surface area (Å²) in [4.78, 5) is 0.275. The van der Waals surface area contributed by atoms with Gasteiger partial charge in [0.15, 0.2) is 0 Å². The van der Waals surface area contributed by atoms with Crippen LogP contribution in [0.3, 0.4) is 0 Å². The third-order valence-electron chi connectivity index (χ3n) is 2.95. The van der Waals surface area contributed by atoms with Crippen molar-refractivity contribution in [3.8, 4) is 0 Å². The highest BCUT2D eigenvalue weighted by atomic mass is 32.2. The molecule has 0 saturated heterocycles. The number of rotatable bonds is 6. The number of benzene rings is 1. The number of nitrogens with one attached hydrogen (secondary N) is 1. The van der Waals surface area contributed by atoms with Crippen LogP contribution in [0.4, 0.5) is 0 Å². The number of aliphatic hydroxyl groups excluding tert-OH is 1. The molecule has 1 atom stereocenters. The summed E-state index contributed by atoms with van der Waals surface area (Å²) in [6, 6.07) is 4.96. The molecule has 0 bridgehead atoms. The number of aliphatic hydroxyl groups is 1. The second-order valence-electron chi connectivity index (χ2n) is 4.38. The van der Waals surface area contributed by atoms with Gasteiger partial charge in [0, 0.05) is 6.04 Å². The summed E-state index contributed by atoms with van der Waals surface area (Å²) >= 11 is 0. The lowest BCUT2D eigenvalue weighted by atomic mass is 10.1. The summed E-state index contributed by atoms with van der Waals surface area (Å²) in [6.45, 7) is 5.52. The van der Waals surface area contributed by atoms with Gasteiger partial charge in [-0.15, -0.1) is 0 Å². The molecule has 18 heavy (non-hydrogen) atoms. The van der Waals surface area contributed by atoms with Gasteiger partial charge >= 0.3 is 0 Å². The van der Waals surface area contributed by atoms with E-state index in [9.17, 15) is 8.42 Å². The largest absolute Gasteiger partial charge is 0.392 e. The highest BCUT2D eigenvalue weighted by Gasteiger charge is 2.20. The summed E-state index contributed by atoms with van der Waals surface area (Å²) in [5.74, 6) is 0. The molecule has 0 aliphatic heterocycles. The molecule has 0 saturated carbocycles. The summed E-state index contributed by atoms with van der Waals surface area (Å²) < 4.78 is 27.2. The molecule has 0 radical (unpaired) electrons. The standard InChI is InChI=1S/C13H21NO3S/c1-4-10(3)14-18(16,17)13-8-11(9-15)6-7-12(13)5-2/h6-8,10,14-15H,4-5,9H2,1-3H3. The first kappa shape index (κ1) is 15.1. The minimum atomic E-state index is -3.51. The van der Waals surface area contributed by atoms with Crippen molar-refractivity contribution >= 4 is 10.0 Å². The van der Waals surface area contributed by atoms with E-state index in [0.29, 0.717) is 12.0 Å². The zero-order valence-electron chi connectivity index (χ0n) is 11.1. The summed E-state index contributed by atoms with van der Waals surface area (Å²) in [5, 5.41) is 9.10. The van der Waals surface area contributed by atoms with Crippen molar-refractivity contribution in [2.24, 2.45) is 0 Å². The molecule has 102 valence electrons. The van der Waals surface area contributed by atoms with Crippen LogP contribution in [0.25, 0.3) is 0 Å². The van der Waals surface area contributed by atoms with Crippen LogP contribution in [-0.2, 0) is 23.1 Å². The van der Waals surface area contributed by atoms with E-state index >= 15 is 0 Å². The first-order valence-electron chi connectivity index (χ1n) is 6.19. The van der Waals surface area contributed by atoms with Crippen LogP contribution in [0.15, 0.2) is 23.1 Å². The number of sulfonamides is 1. The highest BCUT2D eigenvalue weighted by Crippen LogP contribution is 2.19. The Balaban J connectivity index is 3.20. The fourth-order valence-corrected chi connectivity index (χ4v) is 3.34. The molecule has 0 spiro atoms. The van der Waals surface area contributed by atoms with Crippen LogP contribution in [0.1, 0.15) is 38.3 Å². The molecule has 0 aliphatic rings. The monoisotopic (exact) mass is 271 g/mol. The number of aryl methyl sites for hydroxylation is 1. The highest BCUT2D eigenvalue weighted by molar-refractivity contribution is 7.89. The molecule has 1 aromatic rings. The Kier molecular flexibility index (Phi) is 5.31. The van der Waals surface area contributed by atoms with Crippen molar-refractivity contribution in [3.63, 3.8) is 0 Å². The van der Waals surface area contributed by atoms with Crippen LogP contribution >= 0.6 is 0 Å². The van der Waals surface area contributed by atoms with Gasteiger partial charge < -0.3 is 5.11 Å². The average Bonchev–Trinajstić information content (AvgIpc) is 2.37. The second-order valence-corrected chi connectivity index (χ2v) is 6.07. The Labute approximate surface area is 109 Å². The third kappa shape index (κ3) is 3.54. The molecule has 0 amide bonds. The topological polar surface area (TPSA) is 66.4 Å². The molecule has 5 heteroatoms. The molecule has 1 unspecified atom stereocenters. The molecule has 0 aliphatic carbocycles. The van der Waals surface area contributed by atoms with Crippen LogP contribution in [0.2, 0.25) is 0 Å². The van der Waals surface area contributed by atoms with Crippen molar-refractivity contribution < 1.29 is 13.5 Å².